The van der Waals surface area contributed by atoms with E-state index in [-0.39, 0.29) is 11.7 Å². The van der Waals surface area contributed by atoms with Crippen molar-refractivity contribution in [2.75, 3.05) is 19.8 Å². The average molecular weight is 173 g/mol. The molecule has 72 valence electrons. The van der Waals surface area contributed by atoms with E-state index in [1.165, 1.54) is 0 Å². The molecule has 1 fully saturated rings. The van der Waals surface area contributed by atoms with Crippen LogP contribution in [0, 0.1) is 0 Å². The molecule has 0 saturated carbocycles. The maximum Gasteiger partial charge on any atom is 0.0939 e. The van der Waals surface area contributed by atoms with Crippen LogP contribution in [0.5, 0.6) is 0 Å². The lowest BCUT2D eigenvalue weighted by atomic mass is 9.97. The van der Waals surface area contributed by atoms with E-state index in [9.17, 15) is 0 Å². The van der Waals surface area contributed by atoms with Gasteiger partial charge in [-0.05, 0) is 12.8 Å². The highest BCUT2D eigenvalue weighted by molar-refractivity contribution is 4.83. The molecule has 0 spiro atoms. The van der Waals surface area contributed by atoms with Crippen LogP contribution in [0.3, 0.4) is 0 Å². The van der Waals surface area contributed by atoms with Crippen molar-refractivity contribution in [1.82, 2.24) is 0 Å². The second-order valence-corrected chi connectivity index (χ2v) is 3.38. The van der Waals surface area contributed by atoms with Gasteiger partial charge >= 0.3 is 0 Å². The van der Waals surface area contributed by atoms with E-state index in [0.29, 0.717) is 13.2 Å². The summed E-state index contributed by atoms with van der Waals surface area (Å²) in [6, 6.07) is 0. The van der Waals surface area contributed by atoms with Gasteiger partial charge in [0.2, 0.25) is 0 Å². The van der Waals surface area contributed by atoms with Crippen molar-refractivity contribution in [3.8, 4) is 0 Å². The zero-order valence-corrected chi connectivity index (χ0v) is 8.01. The maximum absolute atomic E-state index is 5.87. The summed E-state index contributed by atoms with van der Waals surface area (Å²) in [5, 5.41) is 0. The molecule has 0 aromatic rings. The Balaban J connectivity index is 2.52. The Bertz CT molecular complexity index is 134. The van der Waals surface area contributed by atoms with E-state index in [1.807, 2.05) is 0 Å². The summed E-state index contributed by atoms with van der Waals surface area (Å²) in [5.74, 6) is 0. The topological polar surface area (TPSA) is 44.5 Å². The van der Waals surface area contributed by atoms with Gasteiger partial charge in [-0.15, -0.1) is 0 Å². The molecule has 0 aromatic heterocycles. The fourth-order valence-electron chi connectivity index (χ4n) is 1.53. The highest BCUT2D eigenvalue weighted by Gasteiger charge is 2.34. The minimum Gasteiger partial charge on any atom is -0.376 e. The van der Waals surface area contributed by atoms with Crippen molar-refractivity contribution in [2.45, 2.75) is 38.4 Å². The summed E-state index contributed by atoms with van der Waals surface area (Å²) in [6.45, 7) is 6.19. The molecule has 12 heavy (non-hydrogen) atoms. The molecule has 1 aliphatic rings. The molecule has 3 heteroatoms. The molecule has 0 radical (unpaired) electrons. The number of nitrogens with two attached hydrogens (primary N) is 1. The molecule has 1 aliphatic heterocycles. The third-order valence-corrected chi connectivity index (χ3v) is 2.64. The Kier molecular flexibility index (Phi) is 3.50. The van der Waals surface area contributed by atoms with Crippen molar-refractivity contribution in [3.05, 3.63) is 0 Å². The minimum absolute atomic E-state index is 0.0672. The first kappa shape index (κ1) is 9.96. The van der Waals surface area contributed by atoms with Crippen LogP contribution in [0.2, 0.25) is 0 Å². The predicted molar refractivity (Wildman–Crippen MR) is 48.1 cm³/mol. The van der Waals surface area contributed by atoms with Crippen LogP contribution in [-0.2, 0) is 9.47 Å². The summed E-state index contributed by atoms with van der Waals surface area (Å²) in [7, 11) is 0. The SMILES string of the molecule is CCC1(CC)COCC(CN)O1. The van der Waals surface area contributed by atoms with E-state index in [4.69, 9.17) is 15.2 Å². The Morgan fingerprint density at radius 1 is 1.42 bits per heavy atom. The van der Waals surface area contributed by atoms with Crippen LogP contribution in [-0.4, -0.2) is 31.5 Å². The van der Waals surface area contributed by atoms with E-state index in [2.05, 4.69) is 13.8 Å². The normalized spacial score (nSPS) is 28.8. The van der Waals surface area contributed by atoms with E-state index >= 15 is 0 Å². The van der Waals surface area contributed by atoms with E-state index < -0.39 is 0 Å². The molecular formula is C9H19NO2. The highest BCUT2D eigenvalue weighted by atomic mass is 16.6. The Hall–Kier alpha value is -0.120. The summed E-state index contributed by atoms with van der Waals surface area (Å²) in [5.41, 5.74) is 5.46. The molecule has 1 heterocycles. The monoisotopic (exact) mass is 173 g/mol. The molecule has 1 atom stereocenters. The second kappa shape index (κ2) is 4.21. The predicted octanol–water partition coefficient (Wildman–Crippen LogP) is 0.919. The maximum atomic E-state index is 5.87. The lowest BCUT2D eigenvalue weighted by Crippen LogP contribution is -2.49. The summed E-state index contributed by atoms with van der Waals surface area (Å²) >= 11 is 0. The first-order valence-corrected chi connectivity index (χ1v) is 4.72. The van der Waals surface area contributed by atoms with Gasteiger partial charge in [0.25, 0.3) is 0 Å². The molecule has 1 rings (SSSR count). The van der Waals surface area contributed by atoms with Gasteiger partial charge in [0.1, 0.15) is 0 Å². The molecule has 0 aromatic carbocycles. The molecule has 0 bridgehead atoms. The van der Waals surface area contributed by atoms with Gasteiger partial charge in [0.15, 0.2) is 0 Å². The Labute approximate surface area is 74.2 Å². The second-order valence-electron chi connectivity index (χ2n) is 3.38. The largest absolute Gasteiger partial charge is 0.376 e. The van der Waals surface area contributed by atoms with Gasteiger partial charge in [-0.25, -0.2) is 0 Å². The lowest BCUT2D eigenvalue weighted by Gasteiger charge is -2.39. The minimum atomic E-state index is -0.0672. The third-order valence-electron chi connectivity index (χ3n) is 2.64. The van der Waals surface area contributed by atoms with Gasteiger partial charge < -0.3 is 15.2 Å². The number of ether oxygens (including phenoxy) is 2. The third kappa shape index (κ3) is 1.97. The van der Waals surface area contributed by atoms with Gasteiger partial charge in [0, 0.05) is 6.54 Å². The van der Waals surface area contributed by atoms with Gasteiger partial charge in [-0.2, -0.15) is 0 Å². The first-order valence-electron chi connectivity index (χ1n) is 4.72. The summed E-state index contributed by atoms with van der Waals surface area (Å²) < 4.78 is 11.3. The lowest BCUT2D eigenvalue weighted by molar-refractivity contribution is -0.197. The van der Waals surface area contributed by atoms with Crippen molar-refractivity contribution in [1.29, 1.82) is 0 Å². The fourth-order valence-corrected chi connectivity index (χ4v) is 1.53. The van der Waals surface area contributed by atoms with Crippen LogP contribution in [0.25, 0.3) is 0 Å². The van der Waals surface area contributed by atoms with Crippen molar-refractivity contribution in [2.24, 2.45) is 5.73 Å². The van der Waals surface area contributed by atoms with Crippen LogP contribution in [0.15, 0.2) is 0 Å². The quantitative estimate of drug-likeness (QED) is 0.690. The van der Waals surface area contributed by atoms with E-state index in [0.717, 1.165) is 19.4 Å². The van der Waals surface area contributed by atoms with Crippen LogP contribution < -0.4 is 5.73 Å². The number of hydrogen-bond acceptors (Lipinski definition) is 3. The molecule has 0 amide bonds. The fraction of sp³-hybridized carbons (Fsp3) is 1.00. The molecule has 1 saturated heterocycles. The van der Waals surface area contributed by atoms with Gasteiger partial charge in [-0.3, -0.25) is 0 Å². The summed E-state index contributed by atoms with van der Waals surface area (Å²) in [4.78, 5) is 0. The molecular weight excluding hydrogens is 154 g/mol. The van der Waals surface area contributed by atoms with Gasteiger partial charge in [0.05, 0.1) is 24.9 Å². The Morgan fingerprint density at radius 2 is 2.08 bits per heavy atom. The van der Waals surface area contributed by atoms with Gasteiger partial charge in [-0.1, -0.05) is 13.8 Å². The molecule has 2 N–H and O–H groups in total. The smallest absolute Gasteiger partial charge is 0.0939 e. The van der Waals surface area contributed by atoms with Crippen molar-refractivity contribution < 1.29 is 9.47 Å². The van der Waals surface area contributed by atoms with E-state index in [1.54, 1.807) is 0 Å². The Morgan fingerprint density at radius 3 is 2.58 bits per heavy atom. The molecule has 0 aliphatic carbocycles. The standard InChI is InChI=1S/C9H19NO2/c1-3-9(4-2)7-11-6-8(5-10)12-9/h8H,3-7,10H2,1-2H3. The highest BCUT2D eigenvalue weighted by Crippen LogP contribution is 2.26. The summed E-state index contributed by atoms with van der Waals surface area (Å²) in [6.07, 6.45) is 2.10. The molecule has 3 nitrogen and oxygen atoms in total. The zero-order chi connectivity index (χ0) is 9.03. The average Bonchev–Trinajstić information content (AvgIpc) is 2.18. The van der Waals surface area contributed by atoms with Crippen LogP contribution in [0.1, 0.15) is 26.7 Å². The van der Waals surface area contributed by atoms with Crippen LogP contribution in [0.4, 0.5) is 0 Å². The van der Waals surface area contributed by atoms with Crippen molar-refractivity contribution >= 4 is 0 Å². The number of rotatable bonds is 3. The molecule has 1 unspecified atom stereocenters. The first-order chi connectivity index (χ1) is 5.76. The number of hydrogen-bond donors (Lipinski definition) is 1. The zero-order valence-electron chi connectivity index (χ0n) is 8.01. The van der Waals surface area contributed by atoms with Crippen molar-refractivity contribution in [3.63, 3.8) is 0 Å². The van der Waals surface area contributed by atoms with Crippen LogP contribution >= 0.6 is 0 Å².